The molecule has 0 spiro atoms. The first kappa shape index (κ1) is 17.3. The Morgan fingerprint density at radius 3 is 2.10 bits per heavy atom. The van der Waals surface area contributed by atoms with E-state index in [-0.39, 0.29) is 53.8 Å². The Morgan fingerprint density at radius 2 is 2.00 bits per heavy atom. The van der Waals surface area contributed by atoms with Crippen molar-refractivity contribution in [3.63, 3.8) is 0 Å². The van der Waals surface area contributed by atoms with Crippen LogP contribution in [0.5, 0.6) is 0 Å². The number of hydrogen-bond donors (Lipinski definition) is 0. The largest absolute Gasteiger partial charge is 2.00 e. The van der Waals surface area contributed by atoms with Gasteiger partial charge >= 0.3 is 23.1 Å². The fraction of sp³-hybridized carbons (Fsp3) is 0.750. The molecule has 0 unspecified atom stereocenters. The minimum atomic E-state index is 0. The van der Waals surface area contributed by atoms with Crippen molar-refractivity contribution < 1.29 is 29.6 Å². The van der Waals surface area contributed by atoms with Gasteiger partial charge in [0.25, 0.3) is 0 Å². The number of carbonyl (C=O) groups excluding carboxylic acids is 1. The van der Waals surface area contributed by atoms with E-state index in [4.69, 9.17) is 0 Å². The molecule has 1 fully saturated rings. The standard InChI is InChI=1S/C4H7NOS.2ClH.Mg/c1-5-4(6)2-3-7-5;;;/h2-3H2,1H3;2*1H;/q;;;+2/p-2. The predicted molar refractivity (Wildman–Crippen MR) is 35.6 cm³/mol. The molecule has 0 atom stereocenters. The van der Waals surface area contributed by atoms with Crippen molar-refractivity contribution in [2.24, 2.45) is 0 Å². The van der Waals surface area contributed by atoms with Gasteiger partial charge in [-0.05, 0) is 11.9 Å². The van der Waals surface area contributed by atoms with Crippen molar-refractivity contribution in [2.45, 2.75) is 6.42 Å². The summed E-state index contributed by atoms with van der Waals surface area (Å²) in [4.78, 5) is 10.5. The Bertz CT molecular complexity index is 105. The van der Waals surface area contributed by atoms with Gasteiger partial charge in [-0.1, -0.05) is 0 Å². The summed E-state index contributed by atoms with van der Waals surface area (Å²) < 4.78 is 1.68. The molecule has 0 aromatic carbocycles. The zero-order valence-corrected chi connectivity index (χ0v) is 9.38. The van der Waals surface area contributed by atoms with Crippen molar-refractivity contribution in [2.75, 3.05) is 12.8 Å². The Balaban J connectivity index is -0.000000163. The molecule has 1 rings (SSSR count). The number of halogens is 2. The van der Waals surface area contributed by atoms with Crippen molar-refractivity contribution in [1.82, 2.24) is 4.31 Å². The maximum absolute atomic E-state index is 10.5. The molecule has 1 aliphatic heterocycles. The van der Waals surface area contributed by atoms with E-state index >= 15 is 0 Å². The fourth-order valence-electron chi connectivity index (χ4n) is 0.499. The molecule has 1 heterocycles. The molecule has 0 saturated carbocycles. The van der Waals surface area contributed by atoms with Crippen LogP contribution in [0.3, 0.4) is 0 Å². The minimum Gasteiger partial charge on any atom is -1.00 e. The molecule has 0 radical (unpaired) electrons. The van der Waals surface area contributed by atoms with Gasteiger partial charge in [0.15, 0.2) is 0 Å². The summed E-state index contributed by atoms with van der Waals surface area (Å²) in [6, 6.07) is 0. The molecular formula is C4H7Cl2MgNOS. The molecule has 0 bridgehead atoms. The molecule has 56 valence electrons. The molecule has 1 saturated heterocycles. The third-order valence-corrected chi connectivity index (χ3v) is 1.93. The van der Waals surface area contributed by atoms with Gasteiger partial charge in [-0.3, -0.25) is 9.10 Å². The number of carbonyl (C=O) groups is 1. The molecule has 1 aliphatic rings. The van der Waals surface area contributed by atoms with E-state index in [1.807, 2.05) is 0 Å². The van der Waals surface area contributed by atoms with Gasteiger partial charge in [0, 0.05) is 19.2 Å². The van der Waals surface area contributed by atoms with Crippen molar-refractivity contribution in [1.29, 1.82) is 0 Å². The van der Waals surface area contributed by atoms with Gasteiger partial charge in [-0.15, -0.1) is 0 Å². The van der Waals surface area contributed by atoms with Crippen LogP contribution in [-0.4, -0.2) is 46.1 Å². The smallest absolute Gasteiger partial charge is 1.00 e. The van der Waals surface area contributed by atoms with Crippen molar-refractivity contribution in [3.8, 4) is 0 Å². The van der Waals surface area contributed by atoms with Crippen molar-refractivity contribution >= 4 is 40.9 Å². The van der Waals surface area contributed by atoms with Gasteiger partial charge in [0.2, 0.25) is 5.91 Å². The summed E-state index contributed by atoms with van der Waals surface area (Å²) in [5.74, 6) is 1.22. The minimum absolute atomic E-state index is 0. The molecule has 6 heteroatoms. The summed E-state index contributed by atoms with van der Waals surface area (Å²) in [5.41, 5.74) is 0. The zero-order chi connectivity index (χ0) is 5.28. The third kappa shape index (κ3) is 4.90. The fourth-order valence-corrected chi connectivity index (χ4v) is 1.27. The van der Waals surface area contributed by atoms with Gasteiger partial charge in [0.1, 0.15) is 0 Å². The molecule has 2 nitrogen and oxygen atoms in total. The zero-order valence-electron chi connectivity index (χ0n) is 5.64. The monoisotopic (exact) mass is 211 g/mol. The van der Waals surface area contributed by atoms with Crippen LogP contribution in [0.1, 0.15) is 6.42 Å². The average Bonchev–Trinajstić information content (AvgIpc) is 1.91. The summed E-state index contributed by atoms with van der Waals surface area (Å²) in [6.07, 6.45) is 0.723. The van der Waals surface area contributed by atoms with Crippen molar-refractivity contribution in [3.05, 3.63) is 0 Å². The number of rotatable bonds is 0. The number of hydrogen-bond acceptors (Lipinski definition) is 2. The first-order chi connectivity index (χ1) is 3.30. The Morgan fingerprint density at radius 1 is 1.50 bits per heavy atom. The van der Waals surface area contributed by atoms with Crippen LogP contribution in [0.4, 0.5) is 0 Å². The van der Waals surface area contributed by atoms with Crippen LogP contribution < -0.4 is 24.8 Å². The van der Waals surface area contributed by atoms with E-state index in [2.05, 4.69) is 0 Å². The second-order valence-corrected chi connectivity index (χ2v) is 2.69. The summed E-state index contributed by atoms with van der Waals surface area (Å²) >= 11 is 1.59. The second kappa shape index (κ2) is 8.26. The van der Waals surface area contributed by atoms with E-state index in [0.29, 0.717) is 0 Å². The topological polar surface area (TPSA) is 20.3 Å². The van der Waals surface area contributed by atoms with Crippen LogP contribution in [0, 0.1) is 0 Å². The first-order valence-corrected chi connectivity index (χ1v) is 3.14. The molecule has 0 N–H and O–H groups in total. The maximum Gasteiger partial charge on any atom is 2.00 e. The Kier molecular flexibility index (Phi) is 14.3. The van der Waals surface area contributed by atoms with Gasteiger partial charge in [-0.25, -0.2) is 0 Å². The quantitative estimate of drug-likeness (QED) is 0.294. The molecule has 1 amide bonds. The predicted octanol–water partition coefficient (Wildman–Crippen LogP) is -5.88. The normalized spacial score (nSPS) is 14.9. The second-order valence-electron chi connectivity index (χ2n) is 1.47. The van der Waals surface area contributed by atoms with Gasteiger partial charge < -0.3 is 24.8 Å². The van der Waals surface area contributed by atoms with E-state index in [0.717, 1.165) is 12.2 Å². The summed E-state index contributed by atoms with van der Waals surface area (Å²) in [7, 11) is 1.81. The van der Waals surface area contributed by atoms with Crippen LogP contribution >= 0.6 is 11.9 Å². The molecule has 0 aromatic rings. The van der Waals surface area contributed by atoms with Gasteiger partial charge in [-0.2, -0.15) is 0 Å². The first-order valence-electron chi connectivity index (χ1n) is 2.20. The Labute approximate surface area is 93.6 Å². The van der Waals surface area contributed by atoms with E-state index < -0.39 is 0 Å². The SMILES string of the molecule is CN1SCCC1=O.[Cl-].[Cl-].[Mg+2]. The molecule has 0 aromatic heterocycles. The van der Waals surface area contributed by atoms with E-state index in [9.17, 15) is 4.79 Å². The number of amides is 1. The van der Waals surface area contributed by atoms with Crippen LogP contribution in [0.2, 0.25) is 0 Å². The average molecular weight is 212 g/mol. The molecule has 10 heavy (non-hydrogen) atoms. The van der Waals surface area contributed by atoms with Crippen LogP contribution in [-0.2, 0) is 4.79 Å². The van der Waals surface area contributed by atoms with E-state index in [1.165, 1.54) is 0 Å². The summed E-state index contributed by atoms with van der Waals surface area (Å²) in [6.45, 7) is 0. The van der Waals surface area contributed by atoms with Crippen LogP contribution in [0.15, 0.2) is 0 Å². The third-order valence-electron chi connectivity index (χ3n) is 0.952. The molecule has 0 aliphatic carbocycles. The maximum atomic E-state index is 10.5. The Hall–Kier alpha value is 1.17. The summed E-state index contributed by atoms with van der Waals surface area (Å²) in [5, 5.41) is 0. The van der Waals surface area contributed by atoms with Crippen LogP contribution in [0.25, 0.3) is 0 Å². The molecular weight excluding hydrogens is 205 g/mol. The van der Waals surface area contributed by atoms with E-state index in [1.54, 1.807) is 23.3 Å². The number of nitrogens with zero attached hydrogens (tertiary/aromatic N) is 1. The van der Waals surface area contributed by atoms with Gasteiger partial charge in [0.05, 0.1) is 0 Å².